The van der Waals surface area contributed by atoms with Crippen molar-refractivity contribution >= 4 is 0 Å². The Labute approximate surface area is 79.4 Å². The van der Waals surface area contributed by atoms with Crippen LogP contribution in [0.15, 0.2) is 38.5 Å². The number of ether oxygens (including phenoxy) is 2. The highest BCUT2D eigenvalue weighted by Crippen LogP contribution is 1.65. The van der Waals surface area contributed by atoms with Crippen LogP contribution < -0.4 is 0 Å². The van der Waals surface area contributed by atoms with E-state index in [4.69, 9.17) is 10.2 Å². The topological polar surface area (TPSA) is 58.9 Å². The average molecular weight is 190 g/mol. The first-order valence-electron chi connectivity index (χ1n) is 3.47. The van der Waals surface area contributed by atoms with Gasteiger partial charge < -0.3 is 19.7 Å². The van der Waals surface area contributed by atoms with E-state index in [0.717, 1.165) is 0 Å². The minimum Gasteiger partial charge on any atom is -0.505 e. The molecule has 0 saturated carbocycles. The number of methoxy groups -OCH3 is 1. The molecule has 0 bridgehead atoms. The molecule has 0 aliphatic rings. The lowest BCUT2D eigenvalue weighted by molar-refractivity contribution is 0.186. The molecule has 4 nitrogen and oxygen atoms in total. The van der Waals surface area contributed by atoms with Crippen LogP contribution in [0.2, 0.25) is 0 Å². The third-order valence-corrected chi connectivity index (χ3v) is 0.459. The predicted octanol–water partition coefficient (Wildman–Crippen LogP) is 1.04. The number of rotatable bonds is 4. The maximum Gasteiger partial charge on any atom is 0.0829 e. The molecular weight excluding hydrogens is 172 g/mol. The monoisotopic (exact) mass is 190 g/mol. The summed E-state index contributed by atoms with van der Waals surface area (Å²) in [6.45, 7) is 9.52. The van der Waals surface area contributed by atoms with Crippen molar-refractivity contribution in [3.63, 3.8) is 0 Å². The summed E-state index contributed by atoms with van der Waals surface area (Å²) in [5.74, 6) is 0. The third kappa shape index (κ3) is 109. The first-order chi connectivity index (χ1) is 6.24. The van der Waals surface area contributed by atoms with E-state index in [2.05, 4.69) is 29.2 Å². The lowest BCUT2D eigenvalue weighted by Gasteiger charge is -1.76. The van der Waals surface area contributed by atoms with Crippen LogP contribution in [0.25, 0.3) is 0 Å². The van der Waals surface area contributed by atoms with Gasteiger partial charge in [-0.1, -0.05) is 19.7 Å². The summed E-state index contributed by atoms with van der Waals surface area (Å²) < 4.78 is 8.67. The Morgan fingerprint density at radius 1 is 1.00 bits per heavy atom. The first-order valence-corrected chi connectivity index (χ1v) is 3.47. The Hall–Kier alpha value is -1.26. The minimum absolute atomic E-state index is 0.125. The van der Waals surface area contributed by atoms with Crippen molar-refractivity contribution in [1.29, 1.82) is 0 Å². The smallest absolute Gasteiger partial charge is 0.0829 e. The molecule has 0 aliphatic heterocycles. The van der Waals surface area contributed by atoms with Gasteiger partial charge in [0.15, 0.2) is 0 Å². The fourth-order valence-corrected chi connectivity index (χ4v) is 0.0680. The van der Waals surface area contributed by atoms with Gasteiger partial charge in [-0.2, -0.15) is 0 Å². The molecule has 4 heteroatoms. The van der Waals surface area contributed by atoms with Crippen molar-refractivity contribution in [3.05, 3.63) is 38.5 Å². The van der Waals surface area contributed by atoms with Gasteiger partial charge in [0, 0.05) is 0 Å². The number of aliphatic hydroxyl groups is 2. The van der Waals surface area contributed by atoms with E-state index in [9.17, 15) is 0 Å². The summed E-state index contributed by atoms with van der Waals surface area (Å²) in [6.07, 6.45) is 4.00. The largest absolute Gasteiger partial charge is 0.505 e. The molecule has 0 fully saturated rings. The van der Waals surface area contributed by atoms with Gasteiger partial charge in [-0.15, -0.1) is 0 Å². The zero-order chi connectivity index (χ0) is 10.9. The van der Waals surface area contributed by atoms with Gasteiger partial charge in [0.1, 0.15) is 0 Å². The molecule has 0 amide bonds. The SMILES string of the molecule is C=COC.C=COC=C.OCCO. The molecule has 0 aliphatic carbocycles. The molecule has 0 radical (unpaired) electrons. The second-order valence-electron chi connectivity index (χ2n) is 1.32. The van der Waals surface area contributed by atoms with Gasteiger partial charge in [-0.3, -0.25) is 0 Å². The van der Waals surface area contributed by atoms with Crippen molar-refractivity contribution in [2.75, 3.05) is 20.3 Å². The molecule has 0 aromatic carbocycles. The normalized spacial score (nSPS) is 6.08. The maximum absolute atomic E-state index is 7.62. The Balaban J connectivity index is -0.000000117. The second-order valence-corrected chi connectivity index (χ2v) is 1.32. The minimum atomic E-state index is -0.125. The van der Waals surface area contributed by atoms with E-state index in [0.29, 0.717) is 0 Å². The quantitative estimate of drug-likeness (QED) is 0.650. The summed E-state index contributed by atoms with van der Waals surface area (Å²) in [5, 5.41) is 15.2. The molecule has 0 unspecified atom stereocenters. The second kappa shape index (κ2) is 30.9. The van der Waals surface area contributed by atoms with E-state index >= 15 is 0 Å². The molecule has 0 aromatic heterocycles. The maximum atomic E-state index is 7.62. The Bertz CT molecular complexity index is 93.8. The van der Waals surface area contributed by atoms with E-state index < -0.39 is 0 Å². The molecule has 0 saturated heterocycles. The van der Waals surface area contributed by atoms with Gasteiger partial charge in [-0.25, -0.2) is 0 Å². The lowest BCUT2D eigenvalue weighted by Crippen LogP contribution is -1.85. The molecule has 0 spiro atoms. The van der Waals surface area contributed by atoms with Crippen LogP contribution in [0.3, 0.4) is 0 Å². The van der Waals surface area contributed by atoms with E-state index in [1.54, 1.807) is 7.11 Å². The van der Waals surface area contributed by atoms with Crippen LogP contribution in [-0.2, 0) is 9.47 Å². The molecule has 0 rings (SSSR count). The molecule has 78 valence electrons. The Kier molecular flexibility index (Phi) is 42.2. The lowest BCUT2D eigenvalue weighted by atomic mass is 10.8. The molecular formula is C9H18O4. The van der Waals surface area contributed by atoms with Crippen molar-refractivity contribution in [1.82, 2.24) is 0 Å². The molecule has 2 N–H and O–H groups in total. The van der Waals surface area contributed by atoms with Gasteiger partial charge in [-0.05, 0) is 0 Å². The van der Waals surface area contributed by atoms with Crippen LogP contribution >= 0.6 is 0 Å². The third-order valence-electron chi connectivity index (χ3n) is 0.459. The summed E-state index contributed by atoms with van der Waals surface area (Å²) in [6, 6.07) is 0. The Morgan fingerprint density at radius 3 is 1.31 bits per heavy atom. The van der Waals surface area contributed by atoms with Gasteiger partial charge in [0.05, 0.1) is 39.1 Å². The molecule has 13 heavy (non-hydrogen) atoms. The average Bonchev–Trinajstić information content (AvgIpc) is 2.20. The summed E-state index contributed by atoms with van der Waals surface area (Å²) in [5.41, 5.74) is 0. The highest BCUT2D eigenvalue weighted by molar-refractivity contribution is 4.57. The fraction of sp³-hybridized carbons (Fsp3) is 0.333. The fourth-order valence-electron chi connectivity index (χ4n) is 0.0680. The molecule has 0 atom stereocenters. The zero-order valence-corrected chi connectivity index (χ0v) is 7.98. The van der Waals surface area contributed by atoms with Crippen LogP contribution in [0.1, 0.15) is 0 Å². The van der Waals surface area contributed by atoms with Crippen molar-refractivity contribution in [3.8, 4) is 0 Å². The summed E-state index contributed by atoms with van der Waals surface area (Å²) >= 11 is 0. The Morgan fingerprint density at radius 2 is 1.31 bits per heavy atom. The van der Waals surface area contributed by atoms with Crippen LogP contribution in [0.4, 0.5) is 0 Å². The van der Waals surface area contributed by atoms with Gasteiger partial charge >= 0.3 is 0 Å². The van der Waals surface area contributed by atoms with Crippen molar-refractivity contribution in [2.24, 2.45) is 0 Å². The van der Waals surface area contributed by atoms with E-state index in [1.165, 1.54) is 18.8 Å². The number of aliphatic hydroxyl groups excluding tert-OH is 2. The molecule has 0 heterocycles. The summed E-state index contributed by atoms with van der Waals surface area (Å²) in [4.78, 5) is 0. The zero-order valence-electron chi connectivity index (χ0n) is 7.98. The van der Waals surface area contributed by atoms with E-state index in [-0.39, 0.29) is 13.2 Å². The number of hydrogen-bond donors (Lipinski definition) is 2. The van der Waals surface area contributed by atoms with Crippen molar-refractivity contribution in [2.45, 2.75) is 0 Å². The standard InChI is InChI=1S/C4H6O.C3H6O.C2H6O2/c1-3-5-4-2;1-3-4-2;3-1-2-4/h3-4H,1-2H2;3H,1H2,2H3;3-4H,1-2H2. The van der Waals surface area contributed by atoms with Crippen molar-refractivity contribution < 1.29 is 19.7 Å². The van der Waals surface area contributed by atoms with Crippen LogP contribution in [-0.4, -0.2) is 30.5 Å². The van der Waals surface area contributed by atoms with E-state index in [1.807, 2.05) is 0 Å². The van der Waals surface area contributed by atoms with Gasteiger partial charge in [0.2, 0.25) is 0 Å². The summed E-state index contributed by atoms with van der Waals surface area (Å²) in [7, 11) is 1.56. The first kappa shape index (κ1) is 17.7. The molecule has 0 aromatic rings. The van der Waals surface area contributed by atoms with Gasteiger partial charge in [0.25, 0.3) is 0 Å². The highest BCUT2D eigenvalue weighted by atomic mass is 16.5. The predicted molar refractivity (Wildman–Crippen MR) is 52.9 cm³/mol. The number of hydrogen-bond acceptors (Lipinski definition) is 4. The highest BCUT2D eigenvalue weighted by Gasteiger charge is 1.58. The van der Waals surface area contributed by atoms with Crippen LogP contribution in [0.5, 0.6) is 0 Å². The van der Waals surface area contributed by atoms with Crippen LogP contribution in [0, 0.1) is 0 Å².